The number of hydrogen-bond acceptors (Lipinski definition) is 1. The number of halogens is 4. The highest BCUT2D eigenvalue weighted by Gasteiger charge is 2.72. The molecule has 0 spiro atoms. The summed E-state index contributed by atoms with van der Waals surface area (Å²) in [4.78, 5) is 0. The van der Waals surface area contributed by atoms with Gasteiger partial charge in [-0.05, 0) is 18.9 Å². The summed E-state index contributed by atoms with van der Waals surface area (Å²) in [6.45, 7) is 0.695. The van der Waals surface area contributed by atoms with Crippen LogP contribution in [0.5, 0.6) is 0 Å². The zero-order valence-electron chi connectivity index (χ0n) is 5.74. The van der Waals surface area contributed by atoms with E-state index in [0.29, 0.717) is 13.0 Å². The van der Waals surface area contributed by atoms with Crippen LogP contribution in [0, 0.1) is 11.3 Å². The van der Waals surface area contributed by atoms with Gasteiger partial charge in [0.2, 0.25) is 0 Å². The normalized spacial score (nSPS) is 41.2. The Labute approximate surface area is 68.8 Å². The van der Waals surface area contributed by atoms with Gasteiger partial charge < -0.3 is 5.32 Å². The van der Waals surface area contributed by atoms with Crippen LogP contribution in [-0.2, 0) is 0 Å². The van der Waals surface area contributed by atoms with Crippen molar-refractivity contribution in [2.75, 3.05) is 13.1 Å². The highest BCUT2D eigenvalue weighted by molar-refractivity contribution is 5.85. The number of hydrogen-bond donors (Lipinski definition) is 1. The van der Waals surface area contributed by atoms with Crippen molar-refractivity contribution in [3.63, 3.8) is 0 Å². The minimum absolute atomic E-state index is 0. The van der Waals surface area contributed by atoms with E-state index in [0.717, 1.165) is 0 Å². The molecule has 11 heavy (non-hydrogen) atoms. The Balaban J connectivity index is 0.000000605. The molecule has 2 unspecified atom stereocenters. The summed E-state index contributed by atoms with van der Waals surface area (Å²) < 4.78 is 36.4. The van der Waals surface area contributed by atoms with Gasteiger partial charge in [0.25, 0.3) is 0 Å². The molecule has 2 aliphatic rings. The molecule has 1 nitrogen and oxygen atoms in total. The largest absolute Gasteiger partial charge is 0.396 e. The van der Waals surface area contributed by atoms with Crippen molar-refractivity contribution in [3.8, 4) is 0 Å². The molecule has 2 rings (SSSR count). The minimum Gasteiger partial charge on any atom is -0.316 e. The first-order valence-corrected chi connectivity index (χ1v) is 3.34. The fourth-order valence-electron chi connectivity index (χ4n) is 1.78. The maximum Gasteiger partial charge on any atom is 0.396 e. The fraction of sp³-hybridized carbons (Fsp3) is 1.00. The molecule has 0 amide bonds. The molecule has 1 heterocycles. The lowest BCUT2D eigenvalue weighted by atomic mass is 10.1. The van der Waals surface area contributed by atoms with Crippen LogP contribution in [0.2, 0.25) is 0 Å². The first-order valence-electron chi connectivity index (χ1n) is 3.34. The van der Waals surface area contributed by atoms with Gasteiger partial charge in [0.05, 0.1) is 5.41 Å². The number of nitrogens with one attached hydrogen (secondary N) is 1. The van der Waals surface area contributed by atoms with Crippen molar-refractivity contribution in [3.05, 3.63) is 0 Å². The second-order valence-corrected chi connectivity index (χ2v) is 3.19. The Morgan fingerprint density at radius 2 is 2.00 bits per heavy atom. The maximum absolute atomic E-state index is 12.1. The van der Waals surface area contributed by atoms with Gasteiger partial charge >= 0.3 is 6.18 Å². The molecule has 0 aromatic heterocycles. The predicted molar refractivity (Wildman–Crippen MR) is 36.7 cm³/mol. The molecule has 5 heteroatoms. The van der Waals surface area contributed by atoms with E-state index in [2.05, 4.69) is 5.32 Å². The quantitative estimate of drug-likeness (QED) is 0.607. The van der Waals surface area contributed by atoms with E-state index in [4.69, 9.17) is 0 Å². The SMILES string of the molecule is Cl.FC(F)(F)C12CNCC1C2. The van der Waals surface area contributed by atoms with Crippen LogP contribution in [0.3, 0.4) is 0 Å². The number of rotatable bonds is 0. The van der Waals surface area contributed by atoms with Gasteiger partial charge in [-0.3, -0.25) is 0 Å². The molecular formula is C6H9ClF3N. The van der Waals surface area contributed by atoms with E-state index < -0.39 is 11.6 Å². The van der Waals surface area contributed by atoms with Crippen LogP contribution < -0.4 is 5.32 Å². The zero-order chi connectivity index (χ0) is 7.41. The molecule has 1 aliphatic heterocycles. The van der Waals surface area contributed by atoms with Crippen molar-refractivity contribution >= 4 is 12.4 Å². The molecule has 0 aromatic rings. The van der Waals surface area contributed by atoms with E-state index in [9.17, 15) is 13.2 Å². The van der Waals surface area contributed by atoms with Crippen molar-refractivity contribution in [1.82, 2.24) is 5.32 Å². The van der Waals surface area contributed by atoms with E-state index in [1.54, 1.807) is 0 Å². The predicted octanol–water partition coefficient (Wildman–Crippen LogP) is 1.58. The molecule has 1 aliphatic carbocycles. The summed E-state index contributed by atoms with van der Waals surface area (Å²) in [6, 6.07) is 0. The Morgan fingerprint density at radius 3 is 2.18 bits per heavy atom. The summed E-state index contributed by atoms with van der Waals surface area (Å²) in [7, 11) is 0. The topological polar surface area (TPSA) is 12.0 Å². The van der Waals surface area contributed by atoms with Gasteiger partial charge in [0.15, 0.2) is 0 Å². The van der Waals surface area contributed by atoms with Crippen LogP contribution in [0.4, 0.5) is 13.2 Å². The summed E-state index contributed by atoms with van der Waals surface area (Å²) in [5.74, 6) is -0.118. The summed E-state index contributed by atoms with van der Waals surface area (Å²) in [6.07, 6.45) is -3.62. The molecule has 0 aromatic carbocycles. The van der Waals surface area contributed by atoms with Crippen LogP contribution >= 0.6 is 12.4 Å². The van der Waals surface area contributed by atoms with Gasteiger partial charge in [-0.15, -0.1) is 12.4 Å². The van der Waals surface area contributed by atoms with Gasteiger partial charge in [-0.1, -0.05) is 0 Å². The smallest absolute Gasteiger partial charge is 0.316 e. The molecule has 66 valence electrons. The number of alkyl halides is 3. The monoisotopic (exact) mass is 187 g/mol. The molecule has 1 N–H and O–H groups in total. The van der Waals surface area contributed by atoms with Gasteiger partial charge in [0, 0.05) is 6.54 Å². The standard InChI is InChI=1S/C6H8F3N.ClH/c7-6(8,9)5-1-4(5)2-10-3-5;/h4,10H,1-3H2;1H. The summed E-state index contributed by atoms with van der Waals surface area (Å²) in [5.41, 5.74) is -1.31. The van der Waals surface area contributed by atoms with E-state index in [1.165, 1.54) is 0 Å². The second-order valence-electron chi connectivity index (χ2n) is 3.19. The zero-order valence-corrected chi connectivity index (χ0v) is 6.56. The third-order valence-electron chi connectivity index (χ3n) is 2.63. The highest BCUT2D eigenvalue weighted by atomic mass is 35.5. The Morgan fingerprint density at radius 1 is 1.36 bits per heavy atom. The Bertz CT molecular complexity index is 170. The highest BCUT2D eigenvalue weighted by Crippen LogP contribution is 2.63. The molecule has 1 saturated carbocycles. The molecule has 1 saturated heterocycles. The first-order chi connectivity index (χ1) is 4.56. The van der Waals surface area contributed by atoms with Crippen LogP contribution in [-0.4, -0.2) is 19.3 Å². The van der Waals surface area contributed by atoms with E-state index in [-0.39, 0.29) is 24.9 Å². The van der Waals surface area contributed by atoms with E-state index in [1.807, 2.05) is 0 Å². The van der Waals surface area contributed by atoms with E-state index >= 15 is 0 Å². The van der Waals surface area contributed by atoms with Gasteiger partial charge in [-0.25, -0.2) is 0 Å². The first kappa shape index (κ1) is 9.13. The molecule has 0 radical (unpaired) electrons. The number of fused-ring (bicyclic) bond motifs is 1. The Kier molecular flexibility index (Phi) is 1.88. The average molecular weight is 188 g/mol. The lowest BCUT2D eigenvalue weighted by Crippen LogP contribution is -2.30. The van der Waals surface area contributed by atoms with Crippen molar-refractivity contribution in [1.29, 1.82) is 0 Å². The third-order valence-corrected chi connectivity index (χ3v) is 2.63. The summed E-state index contributed by atoms with van der Waals surface area (Å²) >= 11 is 0. The van der Waals surface area contributed by atoms with Crippen molar-refractivity contribution in [2.45, 2.75) is 12.6 Å². The average Bonchev–Trinajstić information content (AvgIpc) is 2.36. The lowest BCUT2D eigenvalue weighted by Gasteiger charge is -2.15. The minimum atomic E-state index is -3.97. The molecule has 2 atom stereocenters. The van der Waals surface area contributed by atoms with Gasteiger partial charge in [-0.2, -0.15) is 13.2 Å². The molecular weight excluding hydrogens is 179 g/mol. The fourth-order valence-corrected chi connectivity index (χ4v) is 1.78. The third kappa shape index (κ3) is 1.04. The number of piperidine rings is 1. The van der Waals surface area contributed by atoms with Crippen molar-refractivity contribution < 1.29 is 13.2 Å². The van der Waals surface area contributed by atoms with Crippen LogP contribution in [0.1, 0.15) is 6.42 Å². The van der Waals surface area contributed by atoms with Crippen LogP contribution in [0.25, 0.3) is 0 Å². The molecule has 2 fully saturated rings. The van der Waals surface area contributed by atoms with Crippen molar-refractivity contribution in [2.24, 2.45) is 11.3 Å². The molecule has 0 bridgehead atoms. The van der Waals surface area contributed by atoms with Gasteiger partial charge in [0.1, 0.15) is 0 Å². The summed E-state index contributed by atoms with van der Waals surface area (Å²) in [5, 5.41) is 2.75. The maximum atomic E-state index is 12.1. The second kappa shape index (κ2) is 2.26. The van der Waals surface area contributed by atoms with Crippen LogP contribution in [0.15, 0.2) is 0 Å². The Hall–Kier alpha value is 0.0400. The lowest BCUT2D eigenvalue weighted by molar-refractivity contribution is -0.185.